The lowest BCUT2D eigenvalue weighted by atomic mass is 9.66. The summed E-state index contributed by atoms with van der Waals surface area (Å²) in [6.45, 7) is 3.74. The molecule has 2 atom stereocenters. The monoisotopic (exact) mass is 314 g/mol. The summed E-state index contributed by atoms with van der Waals surface area (Å²) >= 11 is 1.60. The van der Waals surface area contributed by atoms with E-state index in [1.165, 1.54) is 32.5 Å². The Morgan fingerprint density at radius 2 is 1.82 bits per heavy atom. The molecule has 2 aromatic heterocycles. The van der Waals surface area contributed by atoms with Crippen LogP contribution in [0.5, 0.6) is 5.19 Å². The van der Waals surface area contributed by atoms with Crippen molar-refractivity contribution in [1.82, 2.24) is 19.9 Å². The minimum absolute atomic E-state index is 0.360. The Bertz CT molecular complexity index is 646. The van der Waals surface area contributed by atoms with Gasteiger partial charge in [-0.1, -0.05) is 11.3 Å². The zero-order chi connectivity index (χ0) is 14.5. The average Bonchev–Trinajstić information content (AvgIpc) is 3.00. The maximum Gasteiger partial charge on any atom is 0.274 e. The molecule has 3 aliphatic heterocycles. The third kappa shape index (κ3) is 2.13. The highest BCUT2D eigenvalue weighted by molar-refractivity contribution is 7.16. The van der Waals surface area contributed by atoms with Gasteiger partial charge in [-0.2, -0.15) is 0 Å². The van der Waals surface area contributed by atoms with Gasteiger partial charge in [-0.05, 0) is 18.8 Å². The van der Waals surface area contributed by atoms with Crippen molar-refractivity contribution in [1.29, 1.82) is 0 Å². The molecule has 1 saturated carbocycles. The zero-order valence-corrected chi connectivity index (χ0v) is 13.1. The number of hydrogen-bond acceptors (Lipinski definition) is 6. The van der Waals surface area contributed by atoms with E-state index in [2.05, 4.69) is 19.9 Å². The van der Waals surface area contributed by atoms with Gasteiger partial charge in [0.15, 0.2) is 0 Å². The predicted molar refractivity (Wildman–Crippen MR) is 83.7 cm³/mol. The van der Waals surface area contributed by atoms with Gasteiger partial charge in [-0.25, -0.2) is 15.0 Å². The van der Waals surface area contributed by atoms with Gasteiger partial charge in [0.05, 0.1) is 4.88 Å². The first kappa shape index (κ1) is 13.0. The second kappa shape index (κ2) is 4.99. The lowest BCUT2D eigenvalue weighted by Gasteiger charge is -2.55. The van der Waals surface area contributed by atoms with Crippen molar-refractivity contribution in [3.63, 3.8) is 0 Å². The molecule has 22 heavy (non-hydrogen) atoms. The second-order valence-corrected chi connectivity index (χ2v) is 7.77. The lowest BCUT2D eigenvalue weighted by Crippen LogP contribution is -2.61. The van der Waals surface area contributed by atoms with E-state index in [0.717, 1.165) is 21.6 Å². The standard InChI is InChI=1S/C16H18N4OS/c1-10-2-12-8-20(6-10)7-11(1)15(12)21-16-19-5-14(22-16)13-3-17-9-18-4-13/h3-5,9-12,15H,1-2,6-8H2. The van der Waals surface area contributed by atoms with Crippen LogP contribution in [0.1, 0.15) is 12.8 Å². The van der Waals surface area contributed by atoms with Crippen molar-refractivity contribution in [2.24, 2.45) is 17.8 Å². The van der Waals surface area contributed by atoms with E-state index >= 15 is 0 Å². The van der Waals surface area contributed by atoms with Crippen LogP contribution in [-0.4, -0.2) is 45.6 Å². The maximum absolute atomic E-state index is 6.33. The number of nitrogens with zero attached hydrogens (tertiary/aromatic N) is 4. The Labute approximate surface area is 133 Å². The van der Waals surface area contributed by atoms with Crippen molar-refractivity contribution in [3.8, 4) is 15.6 Å². The summed E-state index contributed by atoms with van der Waals surface area (Å²) in [5.41, 5.74) is 1.01. The zero-order valence-electron chi connectivity index (χ0n) is 12.3. The van der Waals surface area contributed by atoms with Gasteiger partial charge < -0.3 is 9.64 Å². The van der Waals surface area contributed by atoms with Crippen LogP contribution < -0.4 is 4.74 Å². The summed E-state index contributed by atoms with van der Waals surface area (Å²) in [6.07, 6.45) is 10.1. The van der Waals surface area contributed by atoms with E-state index in [4.69, 9.17) is 4.74 Å². The normalized spacial score (nSPS) is 35.7. The molecule has 1 aliphatic carbocycles. The third-order valence-corrected chi connectivity index (χ3v) is 6.21. The summed E-state index contributed by atoms with van der Waals surface area (Å²) in [7, 11) is 0. The van der Waals surface area contributed by atoms with Crippen LogP contribution >= 0.6 is 11.3 Å². The van der Waals surface area contributed by atoms with E-state index in [9.17, 15) is 0 Å². The summed E-state index contributed by atoms with van der Waals surface area (Å²) < 4.78 is 6.33. The Morgan fingerprint density at radius 1 is 1.05 bits per heavy atom. The smallest absolute Gasteiger partial charge is 0.274 e. The molecule has 5 heterocycles. The van der Waals surface area contributed by atoms with Crippen molar-refractivity contribution in [3.05, 3.63) is 24.9 Å². The number of piperidine rings is 3. The topological polar surface area (TPSA) is 51.1 Å². The highest BCUT2D eigenvalue weighted by Gasteiger charge is 2.48. The Morgan fingerprint density at radius 3 is 2.55 bits per heavy atom. The molecule has 0 spiro atoms. The van der Waals surface area contributed by atoms with Crippen LogP contribution in [0.15, 0.2) is 24.9 Å². The van der Waals surface area contributed by atoms with Gasteiger partial charge in [0.2, 0.25) is 0 Å². The van der Waals surface area contributed by atoms with Gasteiger partial charge in [0, 0.05) is 55.6 Å². The van der Waals surface area contributed by atoms with Crippen LogP contribution in [0.3, 0.4) is 0 Å². The maximum atomic E-state index is 6.33. The molecule has 0 N–H and O–H groups in total. The summed E-state index contributed by atoms with van der Waals surface area (Å²) in [6, 6.07) is 0. The molecule has 3 saturated heterocycles. The molecule has 4 fully saturated rings. The van der Waals surface area contributed by atoms with Crippen molar-refractivity contribution in [2.45, 2.75) is 18.9 Å². The molecule has 0 amide bonds. The molecule has 0 radical (unpaired) electrons. The molecule has 0 aromatic carbocycles. The van der Waals surface area contributed by atoms with E-state index in [0.29, 0.717) is 17.9 Å². The van der Waals surface area contributed by atoms with E-state index in [1.54, 1.807) is 17.7 Å². The van der Waals surface area contributed by atoms with Crippen molar-refractivity contribution in [2.75, 3.05) is 19.6 Å². The van der Waals surface area contributed by atoms with Crippen molar-refractivity contribution < 1.29 is 4.74 Å². The van der Waals surface area contributed by atoms with Crippen LogP contribution in [0.4, 0.5) is 0 Å². The average molecular weight is 314 g/mol. The van der Waals surface area contributed by atoms with Gasteiger partial charge in [0.25, 0.3) is 5.19 Å². The van der Waals surface area contributed by atoms with Gasteiger partial charge in [-0.15, -0.1) is 0 Å². The minimum Gasteiger partial charge on any atom is -0.466 e. The van der Waals surface area contributed by atoms with E-state index in [1.807, 2.05) is 18.6 Å². The quantitative estimate of drug-likeness (QED) is 0.870. The summed E-state index contributed by atoms with van der Waals surface area (Å²) in [5.74, 6) is 2.29. The highest BCUT2D eigenvalue weighted by atomic mass is 32.1. The number of hydrogen-bond donors (Lipinski definition) is 0. The molecule has 2 unspecified atom stereocenters. The molecule has 5 nitrogen and oxygen atoms in total. The second-order valence-electron chi connectivity index (χ2n) is 6.78. The first-order valence-electron chi connectivity index (χ1n) is 7.95. The fraction of sp³-hybridized carbons (Fsp3) is 0.562. The molecule has 6 heteroatoms. The van der Waals surface area contributed by atoms with Gasteiger partial charge >= 0.3 is 0 Å². The lowest BCUT2D eigenvalue weighted by molar-refractivity contribution is -0.0985. The molecule has 114 valence electrons. The number of ether oxygens (including phenoxy) is 1. The molecule has 6 rings (SSSR count). The molecular weight excluding hydrogens is 296 g/mol. The number of rotatable bonds is 3. The highest BCUT2D eigenvalue weighted by Crippen LogP contribution is 2.45. The Kier molecular flexibility index (Phi) is 2.94. The third-order valence-electron chi connectivity index (χ3n) is 5.27. The van der Waals surface area contributed by atoms with Crippen LogP contribution in [-0.2, 0) is 0 Å². The summed E-state index contributed by atoms with van der Waals surface area (Å²) in [5, 5.41) is 0.798. The van der Waals surface area contributed by atoms with E-state index < -0.39 is 0 Å². The SMILES string of the molecule is c1ncc(-c2cnc(OC3C4CC5CC3CN(C5)C4)s2)cn1. The van der Waals surface area contributed by atoms with Crippen LogP contribution in [0.2, 0.25) is 0 Å². The Balaban J connectivity index is 1.35. The molecule has 4 aliphatic rings. The first-order valence-corrected chi connectivity index (χ1v) is 8.77. The molecule has 2 aromatic rings. The molecule has 4 bridgehead atoms. The predicted octanol–water partition coefficient (Wildman–Crippen LogP) is 2.32. The fourth-order valence-electron chi connectivity index (χ4n) is 4.54. The van der Waals surface area contributed by atoms with Gasteiger partial charge in [-0.3, -0.25) is 0 Å². The van der Waals surface area contributed by atoms with Crippen LogP contribution in [0.25, 0.3) is 10.4 Å². The summed E-state index contributed by atoms with van der Waals surface area (Å²) in [4.78, 5) is 16.3. The number of thiazole rings is 1. The number of aromatic nitrogens is 3. The van der Waals surface area contributed by atoms with E-state index in [-0.39, 0.29) is 0 Å². The van der Waals surface area contributed by atoms with Crippen LogP contribution in [0, 0.1) is 17.8 Å². The minimum atomic E-state index is 0.360. The van der Waals surface area contributed by atoms with Gasteiger partial charge in [0.1, 0.15) is 12.4 Å². The molecular formula is C16H18N4OS. The Hall–Kier alpha value is -1.53. The fourth-order valence-corrected chi connectivity index (χ4v) is 5.33. The first-order chi connectivity index (χ1) is 10.8. The largest absolute Gasteiger partial charge is 0.466 e. The van der Waals surface area contributed by atoms with Crippen molar-refractivity contribution >= 4 is 11.3 Å².